The number of imidazole rings is 1. The van der Waals surface area contributed by atoms with Crippen LogP contribution in [-0.4, -0.2) is 28.1 Å². The zero-order chi connectivity index (χ0) is 17.4. The number of rotatable bonds is 4. The van der Waals surface area contributed by atoms with Crippen LogP contribution in [0.15, 0.2) is 18.2 Å². The minimum absolute atomic E-state index is 0.0149. The van der Waals surface area contributed by atoms with Gasteiger partial charge in [0.1, 0.15) is 5.82 Å². The molecule has 0 atom stereocenters. The summed E-state index contributed by atoms with van der Waals surface area (Å²) in [6, 6.07) is 5.01. The first-order chi connectivity index (χ1) is 11.4. The molecule has 1 aromatic heterocycles. The summed E-state index contributed by atoms with van der Waals surface area (Å²) in [5, 5.41) is 11.0. The lowest BCUT2D eigenvalue weighted by atomic mass is 10.1. The molecule has 7 nitrogen and oxygen atoms in total. The molecular weight excluding hydrogens is 308 g/mol. The predicted octanol–water partition coefficient (Wildman–Crippen LogP) is 3.02. The number of ether oxygens (including phenoxy) is 1. The molecule has 2 aromatic rings. The fraction of sp³-hybridized carbons (Fsp3) is 0.471. The normalized spacial score (nSPS) is 14.0. The summed E-state index contributed by atoms with van der Waals surface area (Å²) >= 11 is 0. The summed E-state index contributed by atoms with van der Waals surface area (Å²) in [6.45, 7) is 5.85. The van der Waals surface area contributed by atoms with E-state index in [1.165, 1.54) is 18.9 Å². The van der Waals surface area contributed by atoms with E-state index in [2.05, 4.69) is 30.4 Å². The highest BCUT2D eigenvalue weighted by atomic mass is 16.6. The first-order valence-corrected chi connectivity index (χ1v) is 8.04. The van der Waals surface area contributed by atoms with Gasteiger partial charge in [-0.2, -0.15) is 0 Å². The van der Waals surface area contributed by atoms with Crippen LogP contribution in [0.25, 0.3) is 0 Å². The zero-order valence-electron chi connectivity index (χ0n) is 14.4. The van der Waals surface area contributed by atoms with E-state index >= 15 is 0 Å². The Labute approximate surface area is 141 Å². The molecule has 0 saturated carbocycles. The lowest BCUT2D eigenvalue weighted by Crippen LogP contribution is -2.31. The van der Waals surface area contributed by atoms with Gasteiger partial charge in [-0.15, -0.1) is 0 Å². The summed E-state index contributed by atoms with van der Waals surface area (Å²) < 4.78 is 7.38. The Morgan fingerprint density at radius 1 is 1.38 bits per heavy atom. The number of hydrogen-bond acceptors (Lipinski definition) is 5. The van der Waals surface area contributed by atoms with Crippen LogP contribution < -0.4 is 9.64 Å². The highest BCUT2D eigenvalue weighted by Gasteiger charge is 2.25. The van der Waals surface area contributed by atoms with Gasteiger partial charge in [0, 0.05) is 49.4 Å². The van der Waals surface area contributed by atoms with Gasteiger partial charge in [-0.3, -0.25) is 10.1 Å². The Bertz CT molecular complexity index is 782. The van der Waals surface area contributed by atoms with Gasteiger partial charge in [0.2, 0.25) is 0 Å². The van der Waals surface area contributed by atoms with Gasteiger partial charge in [0.25, 0.3) is 0 Å². The molecule has 0 N–H and O–H groups in total. The highest BCUT2D eigenvalue weighted by Crippen LogP contribution is 2.33. The SMILES string of the molecule is COc1cc(N2CCc3c(nc(C(C)C)n3C)C2)ccc1[N+](=O)[O-]. The van der Waals surface area contributed by atoms with E-state index in [-0.39, 0.29) is 11.4 Å². The van der Waals surface area contributed by atoms with Crippen molar-refractivity contribution in [1.29, 1.82) is 0 Å². The maximum absolute atomic E-state index is 11.0. The molecule has 0 amide bonds. The molecule has 0 fully saturated rings. The van der Waals surface area contributed by atoms with Crippen LogP contribution in [0.1, 0.15) is 37.0 Å². The van der Waals surface area contributed by atoms with Crippen molar-refractivity contribution in [2.45, 2.75) is 32.7 Å². The lowest BCUT2D eigenvalue weighted by Gasteiger charge is -2.29. The third-order valence-corrected chi connectivity index (χ3v) is 4.53. The number of benzene rings is 1. The van der Waals surface area contributed by atoms with Crippen LogP contribution in [-0.2, 0) is 20.0 Å². The molecule has 7 heteroatoms. The van der Waals surface area contributed by atoms with Crippen molar-refractivity contribution in [1.82, 2.24) is 9.55 Å². The van der Waals surface area contributed by atoms with Crippen molar-refractivity contribution in [2.24, 2.45) is 7.05 Å². The van der Waals surface area contributed by atoms with Crippen LogP contribution in [0, 0.1) is 10.1 Å². The fourth-order valence-electron chi connectivity index (χ4n) is 3.30. The summed E-state index contributed by atoms with van der Waals surface area (Å²) in [6.07, 6.45) is 0.908. The van der Waals surface area contributed by atoms with Crippen molar-refractivity contribution >= 4 is 11.4 Å². The van der Waals surface area contributed by atoms with Crippen LogP contribution in [0.5, 0.6) is 5.75 Å². The van der Waals surface area contributed by atoms with Crippen LogP contribution in [0.3, 0.4) is 0 Å². The van der Waals surface area contributed by atoms with Crippen molar-refractivity contribution in [3.63, 3.8) is 0 Å². The second-order valence-electron chi connectivity index (χ2n) is 6.36. The number of fused-ring (bicyclic) bond motifs is 1. The number of nitro groups is 1. The van der Waals surface area contributed by atoms with Gasteiger partial charge in [0.15, 0.2) is 5.75 Å². The Morgan fingerprint density at radius 2 is 2.12 bits per heavy atom. The van der Waals surface area contributed by atoms with Crippen LogP contribution >= 0.6 is 0 Å². The number of hydrogen-bond donors (Lipinski definition) is 0. The molecule has 2 heterocycles. The smallest absolute Gasteiger partial charge is 0.311 e. The highest BCUT2D eigenvalue weighted by molar-refractivity contribution is 5.60. The molecular formula is C17H22N4O3. The molecule has 1 aliphatic heterocycles. The monoisotopic (exact) mass is 330 g/mol. The maximum Gasteiger partial charge on any atom is 0.311 e. The second kappa shape index (κ2) is 6.14. The molecule has 0 spiro atoms. The van der Waals surface area contributed by atoms with Gasteiger partial charge in [-0.25, -0.2) is 4.98 Å². The second-order valence-corrected chi connectivity index (χ2v) is 6.36. The molecule has 24 heavy (non-hydrogen) atoms. The van der Waals surface area contributed by atoms with Gasteiger partial charge < -0.3 is 14.2 Å². The van der Waals surface area contributed by atoms with E-state index in [4.69, 9.17) is 9.72 Å². The molecule has 0 aliphatic carbocycles. The molecule has 0 radical (unpaired) electrons. The number of anilines is 1. The zero-order valence-corrected chi connectivity index (χ0v) is 14.4. The molecule has 128 valence electrons. The quantitative estimate of drug-likeness (QED) is 0.636. The lowest BCUT2D eigenvalue weighted by molar-refractivity contribution is -0.385. The summed E-state index contributed by atoms with van der Waals surface area (Å²) in [4.78, 5) is 17.6. The minimum Gasteiger partial charge on any atom is -0.490 e. The molecule has 3 rings (SSSR count). The minimum atomic E-state index is -0.426. The largest absolute Gasteiger partial charge is 0.490 e. The van der Waals surface area contributed by atoms with E-state index in [9.17, 15) is 10.1 Å². The Balaban J connectivity index is 1.90. The molecule has 0 bridgehead atoms. The predicted molar refractivity (Wildman–Crippen MR) is 91.7 cm³/mol. The van der Waals surface area contributed by atoms with Crippen LogP contribution in [0.2, 0.25) is 0 Å². The Kier molecular flexibility index (Phi) is 4.17. The number of aromatic nitrogens is 2. The number of nitrogens with zero attached hydrogens (tertiary/aromatic N) is 4. The standard InChI is InChI=1S/C17H22N4O3/c1-11(2)17-18-13-10-20(8-7-14(13)19(17)3)12-5-6-15(21(22)23)16(9-12)24-4/h5-6,9,11H,7-8,10H2,1-4H3. The summed E-state index contributed by atoms with van der Waals surface area (Å²) in [7, 11) is 3.53. The Hall–Kier alpha value is -2.57. The van der Waals surface area contributed by atoms with E-state index < -0.39 is 4.92 Å². The van der Waals surface area contributed by atoms with E-state index in [0.29, 0.717) is 12.5 Å². The fourth-order valence-corrected chi connectivity index (χ4v) is 3.30. The molecule has 1 aromatic carbocycles. The van der Waals surface area contributed by atoms with Gasteiger partial charge in [0.05, 0.1) is 24.3 Å². The van der Waals surface area contributed by atoms with Gasteiger partial charge in [-0.1, -0.05) is 13.8 Å². The summed E-state index contributed by atoms with van der Waals surface area (Å²) in [5.41, 5.74) is 3.27. The van der Waals surface area contributed by atoms with Crippen LogP contribution in [0.4, 0.5) is 11.4 Å². The van der Waals surface area contributed by atoms with E-state index in [1.807, 2.05) is 0 Å². The first-order valence-electron chi connectivity index (χ1n) is 8.04. The molecule has 0 unspecified atom stereocenters. The third kappa shape index (κ3) is 2.70. The molecule has 1 aliphatic rings. The van der Waals surface area contributed by atoms with Gasteiger partial charge >= 0.3 is 5.69 Å². The van der Waals surface area contributed by atoms with E-state index in [1.54, 1.807) is 12.1 Å². The van der Waals surface area contributed by atoms with Crippen molar-refractivity contribution < 1.29 is 9.66 Å². The number of methoxy groups -OCH3 is 1. The first kappa shape index (κ1) is 16.3. The number of nitro benzene ring substituents is 1. The van der Waals surface area contributed by atoms with Crippen molar-refractivity contribution in [3.05, 3.63) is 45.5 Å². The maximum atomic E-state index is 11.0. The topological polar surface area (TPSA) is 73.4 Å². The average Bonchev–Trinajstić information content (AvgIpc) is 2.90. The van der Waals surface area contributed by atoms with Gasteiger partial charge in [-0.05, 0) is 6.07 Å². The Morgan fingerprint density at radius 3 is 2.75 bits per heavy atom. The van der Waals surface area contributed by atoms with E-state index in [0.717, 1.165) is 30.2 Å². The van der Waals surface area contributed by atoms with Crippen molar-refractivity contribution in [2.75, 3.05) is 18.6 Å². The van der Waals surface area contributed by atoms with Crippen molar-refractivity contribution in [3.8, 4) is 5.75 Å². The molecule has 0 saturated heterocycles. The summed E-state index contributed by atoms with van der Waals surface area (Å²) in [5.74, 6) is 1.77. The third-order valence-electron chi connectivity index (χ3n) is 4.53. The average molecular weight is 330 g/mol.